The van der Waals surface area contributed by atoms with Gasteiger partial charge in [0.25, 0.3) is 0 Å². The van der Waals surface area contributed by atoms with Gasteiger partial charge in [-0.15, -0.1) is 12.4 Å². The summed E-state index contributed by atoms with van der Waals surface area (Å²) in [6.07, 6.45) is 3.96. The van der Waals surface area contributed by atoms with Gasteiger partial charge in [-0.25, -0.2) is 0 Å². The number of hydrogen-bond donors (Lipinski definition) is 1. The van der Waals surface area contributed by atoms with Crippen molar-refractivity contribution in [1.82, 2.24) is 10.2 Å². The molecule has 1 N–H and O–H groups in total. The second-order valence-electron chi connectivity index (χ2n) is 6.53. The number of hydrogen-bond acceptors (Lipinski definition) is 3. The molecular formula is C18H27ClN2O2. The number of ether oxygens (including phenoxy) is 1. The fourth-order valence-corrected chi connectivity index (χ4v) is 3.94. The Morgan fingerprint density at radius 1 is 1.30 bits per heavy atom. The normalized spacial score (nSPS) is 24.5. The van der Waals surface area contributed by atoms with Crippen LogP contribution in [0, 0.1) is 0 Å². The molecule has 0 radical (unpaired) electrons. The molecule has 0 aliphatic carbocycles. The fourth-order valence-electron chi connectivity index (χ4n) is 3.94. The Labute approximate surface area is 145 Å². The molecule has 23 heavy (non-hydrogen) atoms. The van der Waals surface area contributed by atoms with E-state index in [-0.39, 0.29) is 18.3 Å². The summed E-state index contributed by atoms with van der Waals surface area (Å²) >= 11 is 0. The molecule has 3 unspecified atom stereocenters. The average molecular weight is 339 g/mol. The zero-order chi connectivity index (χ0) is 15.5. The van der Waals surface area contributed by atoms with Crippen LogP contribution in [0.25, 0.3) is 0 Å². The summed E-state index contributed by atoms with van der Waals surface area (Å²) in [5.41, 5.74) is 1.12. The van der Waals surface area contributed by atoms with E-state index in [4.69, 9.17) is 4.74 Å². The van der Waals surface area contributed by atoms with Gasteiger partial charge < -0.3 is 15.0 Å². The molecule has 2 aliphatic heterocycles. The molecule has 3 rings (SSSR count). The molecule has 128 valence electrons. The third-order valence-corrected chi connectivity index (χ3v) is 5.09. The van der Waals surface area contributed by atoms with Crippen molar-refractivity contribution >= 4 is 18.3 Å². The highest BCUT2D eigenvalue weighted by Crippen LogP contribution is 2.33. The van der Waals surface area contributed by atoms with Crippen LogP contribution in [-0.4, -0.2) is 43.1 Å². The molecule has 1 aromatic carbocycles. The van der Waals surface area contributed by atoms with Gasteiger partial charge in [-0.1, -0.05) is 25.1 Å². The lowest BCUT2D eigenvalue weighted by Gasteiger charge is -2.29. The molecule has 0 aromatic heterocycles. The number of nitrogens with one attached hydrogen (secondary N) is 1. The third-order valence-electron chi connectivity index (χ3n) is 5.09. The topological polar surface area (TPSA) is 41.6 Å². The zero-order valence-corrected chi connectivity index (χ0v) is 14.8. The SMILES string of the molecule is COc1ccccc1C(C)CC(=O)N1C2CCNCC1CC2.Cl. The van der Waals surface area contributed by atoms with Crippen LogP contribution in [-0.2, 0) is 4.79 Å². The minimum absolute atomic E-state index is 0. The highest BCUT2D eigenvalue weighted by Gasteiger charge is 2.38. The summed E-state index contributed by atoms with van der Waals surface area (Å²) in [6, 6.07) is 8.85. The quantitative estimate of drug-likeness (QED) is 0.917. The van der Waals surface area contributed by atoms with Crippen molar-refractivity contribution in [2.45, 2.75) is 50.6 Å². The molecule has 0 saturated carbocycles. The van der Waals surface area contributed by atoms with E-state index >= 15 is 0 Å². The minimum Gasteiger partial charge on any atom is -0.496 e. The average Bonchev–Trinajstić information content (AvgIpc) is 2.80. The van der Waals surface area contributed by atoms with Gasteiger partial charge in [0.1, 0.15) is 5.75 Å². The van der Waals surface area contributed by atoms with Crippen LogP contribution in [0.4, 0.5) is 0 Å². The number of para-hydroxylation sites is 1. The Hall–Kier alpha value is -1.26. The maximum atomic E-state index is 12.9. The third kappa shape index (κ3) is 3.81. The van der Waals surface area contributed by atoms with Crippen LogP contribution in [0.1, 0.15) is 44.1 Å². The predicted octanol–water partition coefficient (Wildman–Crippen LogP) is 2.96. The van der Waals surface area contributed by atoms with Crippen LogP contribution in [0.2, 0.25) is 0 Å². The summed E-state index contributed by atoms with van der Waals surface area (Å²) in [4.78, 5) is 15.0. The monoisotopic (exact) mass is 338 g/mol. The standard InChI is InChI=1S/C18H26N2O2.ClH/c1-13(16-5-3-4-6-17(16)22-2)11-18(21)20-14-7-8-15(20)12-19-10-9-14;/h3-6,13-15,19H,7-12H2,1-2H3;1H. The predicted molar refractivity (Wildman–Crippen MR) is 94.4 cm³/mol. The lowest BCUT2D eigenvalue weighted by Crippen LogP contribution is -2.42. The van der Waals surface area contributed by atoms with Gasteiger partial charge in [0, 0.05) is 25.0 Å². The molecule has 4 nitrogen and oxygen atoms in total. The van der Waals surface area contributed by atoms with Crippen molar-refractivity contribution in [3.8, 4) is 5.75 Å². The van der Waals surface area contributed by atoms with E-state index in [2.05, 4.69) is 23.2 Å². The Morgan fingerprint density at radius 2 is 2.04 bits per heavy atom. The first-order valence-electron chi connectivity index (χ1n) is 8.35. The van der Waals surface area contributed by atoms with Gasteiger partial charge in [-0.2, -0.15) is 0 Å². The van der Waals surface area contributed by atoms with Gasteiger partial charge >= 0.3 is 0 Å². The maximum absolute atomic E-state index is 12.9. The van der Waals surface area contributed by atoms with Crippen molar-refractivity contribution < 1.29 is 9.53 Å². The Bertz CT molecular complexity index is 524. The van der Waals surface area contributed by atoms with Gasteiger partial charge in [-0.3, -0.25) is 4.79 Å². The number of methoxy groups -OCH3 is 1. The van der Waals surface area contributed by atoms with Crippen molar-refractivity contribution in [3.05, 3.63) is 29.8 Å². The molecule has 0 spiro atoms. The molecule has 5 heteroatoms. The second-order valence-corrected chi connectivity index (χ2v) is 6.53. The van der Waals surface area contributed by atoms with E-state index in [9.17, 15) is 4.79 Å². The molecule has 2 fully saturated rings. The summed E-state index contributed by atoms with van der Waals surface area (Å²) < 4.78 is 5.43. The summed E-state index contributed by atoms with van der Waals surface area (Å²) in [5, 5.41) is 3.45. The Morgan fingerprint density at radius 3 is 2.83 bits per heavy atom. The van der Waals surface area contributed by atoms with Crippen LogP contribution in [0.5, 0.6) is 5.75 Å². The molecule has 3 atom stereocenters. The van der Waals surface area contributed by atoms with Crippen molar-refractivity contribution in [1.29, 1.82) is 0 Å². The lowest BCUT2D eigenvalue weighted by atomic mass is 9.96. The van der Waals surface area contributed by atoms with Crippen molar-refractivity contribution in [2.24, 2.45) is 0 Å². The smallest absolute Gasteiger partial charge is 0.223 e. The molecule has 1 amide bonds. The number of benzene rings is 1. The summed E-state index contributed by atoms with van der Waals surface area (Å²) in [6.45, 7) is 4.10. The van der Waals surface area contributed by atoms with Crippen LogP contribution < -0.4 is 10.1 Å². The molecule has 1 aromatic rings. The fraction of sp³-hybridized carbons (Fsp3) is 0.611. The van der Waals surface area contributed by atoms with Gasteiger partial charge in [0.05, 0.1) is 7.11 Å². The number of fused-ring (bicyclic) bond motifs is 2. The Balaban J connectivity index is 0.00000192. The first kappa shape index (κ1) is 18.1. The number of carbonyl (C=O) groups excluding carboxylic acids is 1. The van der Waals surface area contributed by atoms with Gasteiger partial charge in [0.15, 0.2) is 0 Å². The first-order valence-corrected chi connectivity index (χ1v) is 8.35. The van der Waals surface area contributed by atoms with E-state index in [0.29, 0.717) is 24.4 Å². The first-order chi connectivity index (χ1) is 10.7. The van der Waals surface area contributed by atoms with E-state index in [1.807, 2.05) is 18.2 Å². The zero-order valence-electron chi connectivity index (χ0n) is 14.0. The highest BCUT2D eigenvalue weighted by molar-refractivity contribution is 5.85. The molecular weight excluding hydrogens is 312 g/mol. The van der Waals surface area contributed by atoms with Crippen molar-refractivity contribution in [2.75, 3.05) is 20.2 Å². The molecule has 2 saturated heterocycles. The van der Waals surface area contributed by atoms with Gasteiger partial charge in [0.2, 0.25) is 5.91 Å². The largest absolute Gasteiger partial charge is 0.496 e. The maximum Gasteiger partial charge on any atom is 0.223 e. The van der Waals surface area contributed by atoms with Crippen molar-refractivity contribution in [3.63, 3.8) is 0 Å². The molecule has 2 heterocycles. The highest BCUT2D eigenvalue weighted by atomic mass is 35.5. The van der Waals surface area contributed by atoms with E-state index in [1.165, 1.54) is 6.42 Å². The second kappa shape index (κ2) is 8.02. The number of carbonyl (C=O) groups is 1. The van der Waals surface area contributed by atoms with E-state index in [0.717, 1.165) is 37.2 Å². The number of amides is 1. The van der Waals surface area contributed by atoms with E-state index in [1.54, 1.807) is 7.11 Å². The summed E-state index contributed by atoms with van der Waals surface area (Å²) in [7, 11) is 1.69. The van der Waals surface area contributed by atoms with Crippen LogP contribution in [0.15, 0.2) is 24.3 Å². The summed E-state index contributed by atoms with van der Waals surface area (Å²) in [5.74, 6) is 1.36. The van der Waals surface area contributed by atoms with E-state index < -0.39 is 0 Å². The van der Waals surface area contributed by atoms with Crippen LogP contribution in [0.3, 0.4) is 0 Å². The van der Waals surface area contributed by atoms with Gasteiger partial charge in [-0.05, 0) is 43.4 Å². The number of halogens is 1. The van der Waals surface area contributed by atoms with Crippen LogP contribution >= 0.6 is 12.4 Å². The minimum atomic E-state index is 0. The molecule has 2 aliphatic rings. The number of nitrogens with zero attached hydrogens (tertiary/aromatic N) is 1. The Kier molecular flexibility index (Phi) is 6.31. The number of rotatable bonds is 4. The lowest BCUT2D eigenvalue weighted by molar-refractivity contribution is -0.134. The molecule has 2 bridgehead atoms.